The molecule has 0 aliphatic heterocycles. The highest BCUT2D eigenvalue weighted by atomic mass is 19.4. The molecule has 1 aliphatic carbocycles. The average molecular weight is 296 g/mol. The summed E-state index contributed by atoms with van der Waals surface area (Å²) < 4.78 is 40.3. The second-order valence-electron chi connectivity index (χ2n) is 5.91. The zero-order chi connectivity index (χ0) is 15.2. The Bertz CT molecular complexity index is 286. The third kappa shape index (κ3) is 5.22. The summed E-state index contributed by atoms with van der Waals surface area (Å²) in [7, 11) is 0. The highest BCUT2D eigenvalue weighted by Gasteiger charge is 2.39. The van der Waals surface area contributed by atoms with E-state index in [-0.39, 0.29) is 18.7 Å². The van der Waals surface area contributed by atoms with Crippen molar-refractivity contribution in [2.75, 3.05) is 26.2 Å². The lowest BCUT2D eigenvalue weighted by molar-refractivity contribution is -0.325. The molecule has 2 atom stereocenters. The van der Waals surface area contributed by atoms with Crippen LogP contribution in [0.2, 0.25) is 0 Å². The second-order valence-corrected chi connectivity index (χ2v) is 5.91. The molecule has 0 aromatic carbocycles. The summed E-state index contributed by atoms with van der Waals surface area (Å²) in [5.41, 5.74) is 5.83. The molecule has 0 radical (unpaired) electrons. The summed E-state index contributed by atoms with van der Waals surface area (Å²) in [6.07, 6.45) is 0.574. The van der Waals surface area contributed by atoms with E-state index in [9.17, 15) is 13.2 Å². The molecule has 1 aliphatic rings. The number of hydrogen-bond acceptors (Lipinski definition) is 3. The Balaban J connectivity index is 2.66. The lowest BCUT2D eigenvalue weighted by Gasteiger charge is -2.48. The van der Waals surface area contributed by atoms with Crippen molar-refractivity contribution < 1.29 is 17.9 Å². The fourth-order valence-electron chi connectivity index (χ4n) is 3.36. The fraction of sp³-hybridized carbons (Fsp3) is 1.00. The SMILES string of the molecule is CCCN(CCOC(F)(F)F)C1(CN)CCCC(C)C1. The molecule has 1 rings (SSSR count). The Hall–Kier alpha value is -0.330. The van der Waals surface area contributed by atoms with Gasteiger partial charge in [0.25, 0.3) is 0 Å². The van der Waals surface area contributed by atoms with Crippen molar-refractivity contribution in [1.82, 2.24) is 4.90 Å². The molecule has 2 unspecified atom stereocenters. The van der Waals surface area contributed by atoms with Gasteiger partial charge in [0.1, 0.15) is 0 Å². The Morgan fingerprint density at radius 3 is 2.55 bits per heavy atom. The molecule has 0 aromatic heterocycles. The fourth-order valence-corrected chi connectivity index (χ4v) is 3.36. The van der Waals surface area contributed by atoms with Crippen LogP contribution in [0.4, 0.5) is 13.2 Å². The molecule has 0 spiro atoms. The number of nitrogens with two attached hydrogens (primary N) is 1. The molecule has 0 saturated heterocycles. The highest BCUT2D eigenvalue weighted by Crippen LogP contribution is 2.36. The van der Waals surface area contributed by atoms with E-state index in [0.717, 1.165) is 32.2 Å². The predicted octanol–water partition coefficient (Wildman–Crippen LogP) is 3.14. The average Bonchev–Trinajstić information content (AvgIpc) is 2.36. The molecule has 0 heterocycles. The molecule has 2 N–H and O–H groups in total. The monoisotopic (exact) mass is 296 g/mol. The Kier molecular flexibility index (Phi) is 6.75. The number of ether oxygens (including phenoxy) is 1. The second kappa shape index (κ2) is 7.61. The van der Waals surface area contributed by atoms with Gasteiger partial charge in [0, 0.05) is 18.6 Å². The van der Waals surface area contributed by atoms with Gasteiger partial charge in [-0.05, 0) is 31.7 Å². The number of nitrogens with zero attached hydrogens (tertiary/aromatic N) is 1. The molecule has 6 heteroatoms. The first-order chi connectivity index (χ1) is 9.33. The van der Waals surface area contributed by atoms with E-state index in [0.29, 0.717) is 12.5 Å². The molecule has 1 saturated carbocycles. The number of rotatable bonds is 7. The van der Waals surface area contributed by atoms with Crippen LogP contribution in [0, 0.1) is 5.92 Å². The number of hydrogen-bond donors (Lipinski definition) is 1. The van der Waals surface area contributed by atoms with Crippen molar-refractivity contribution in [1.29, 1.82) is 0 Å². The van der Waals surface area contributed by atoms with Gasteiger partial charge in [-0.2, -0.15) is 0 Å². The van der Waals surface area contributed by atoms with Crippen LogP contribution in [0.3, 0.4) is 0 Å². The van der Waals surface area contributed by atoms with E-state index in [4.69, 9.17) is 5.73 Å². The summed E-state index contributed by atoms with van der Waals surface area (Å²) in [4.78, 5) is 2.12. The molecular formula is C14H27F3N2O. The van der Waals surface area contributed by atoms with Crippen LogP contribution in [0.25, 0.3) is 0 Å². The van der Waals surface area contributed by atoms with E-state index >= 15 is 0 Å². The zero-order valence-electron chi connectivity index (χ0n) is 12.5. The highest BCUT2D eigenvalue weighted by molar-refractivity contribution is 4.95. The first-order valence-electron chi connectivity index (χ1n) is 7.49. The summed E-state index contributed by atoms with van der Waals surface area (Å²) in [5.74, 6) is 0.579. The van der Waals surface area contributed by atoms with Crippen LogP contribution >= 0.6 is 0 Å². The van der Waals surface area contributed by atoms with E-state index in [1.165, 1.54) is 6.42 Å². The van der Waals surface area contributed by atoms with Crippen LogP contribution in [0.15, 0.2) is 0 Å². The minimum Gasteiger partial charge on any atom is -0.329 e. The Morgan fingerprint density at radius 1 is 1.35 bits per heavy atom. The van der Waals surface area contributed by atoms with Crippen molar-refractivity contribution in [3.63, 3.8) is 0 Å². The van der Waals surface area contributed by atoms with Gasteiger partial charge in [-0.3, -0.25) is 9.64 Å². The third-order valence-corrected chi connectivity index (χ3v) is 4.24. The first kappa shape index (κ1) is 17.7. The van der Waals surface area contributed by atoms with Gasteiger partial charge in [-0.25, -0.2) is 0 Å². The van der Waals surface area contributed by atoms with E-state index in [1.807, 2.05) is 6.92 Å². The van der Waals surface area contributed by atoms with Crippen molar-refractivity contribution >= 4 is 0 Å². The lowest BCUT2D eigenvalue weighted by Crippen LogP contribution is -2.57. The normalized spacial score (nSPS) is 28.1. The van der Waals surface area contributed by atoms with Gasteiger partial charge in [-0.15, -0.1) is 13.2 Å². The maximum absolute atomic E-state index is 12.1. The van der Waals surface area contributed by atoms with Gasteiger partial charge in [0.05, 0.1) is 6.61 Å². The smallest absolute Gasteiger partial charge is 0.329 e. The molecule has 0 amide bonds. The lowest BCUT2D eigenvalue weighted by atomic mass is 9.75. The van der Waals surface area contributed by atoms with E-state index in [1.54, 1.807) is 0 Å². The largest absolute Gasteiger partial charge is 0.522 e. The van der Waals surface area contributed by atoms with Crippen LogP contribution in [-0.2, 0) is 4.74 Å². The molecule has 1 fully saturated rings. The van der Waals surface area contributed by atoms with Gasteiger partial charge in [0.2, 0.25) is 0 Å². The summed E-state index contributed by atoms with van der Waals surface area (Å²) in [6, 6.07) is 0. The summed E-state index contributed by atoms with van der Waals surface area (Å²) in [6.45, 7) is 5.47. The zero-order valence-corrected chi connectivity index (χ0v) is 12.5. The van der Waals surface area contributed by atoms with E-state index in [2.05, 4.69) is 16.6 Å². The molecule has 120 valence electrons. The summed E-state index contributed by atoms with van der Waals surface area (Å²) >= 11 is 0. The van der Waals surface area contributed by atoms with Crippen LogP contribution in [-0.4, -0.2) is 43.0 Å². The van der Waals surface area contributed by atoms with Crippen LogP contribution in [0.5, 0.6) is 0 Å². The first-order valence-corrected chi connectivity index (χ1v) is 7.49. The van der Waals surface area contributed by atoms with Gasteiger partial charge < -0.3 is 5.73 Å². The standard InChI is InChI=1S/C14H27F3N2O/c1-3-7-19(8-9-20-14(15,16)17)13(11-18)6-4-5-12(2)10-13/h12H,3-11,18H2,1-2H3. The van der Waals surface area contributed by atoms with Crippen LogP contribution in [0.1, 0.15) is 46.0 Å². The molecule has 0 bridgehead atoms. The third-order valence-electron chi connectivity index (χ3n) is 4.24. The van der Waals surface area contributed by atoms with Crippen molar-refractivity contribution in [3.05, 3.63) is 0 Å². The Morgan fingerprint density at radius 2 is 2.05 bits per heavy atom. The van der Waals surface area contributed by atoms with E-state index < -0.39 is 6.36 Å². The maximum Gasteiger partial charge on any atom is 0.522 e. The van der Waals surface area contributed by atoms with Gasteiger partial charge in [-0.1, -0.05) is 26.7 Å². The van der Waals surface area contributed by atoms with Gasteiger partial charge in [0.15, 0.2) is 0 Å². The van der Waals surface area contributed by atoms with Crippen molar-refractivity contribution in [2.45, 2.75) is 57.9 Å². The summed E-state index contributed by atoms with van der Waals surface area (Å²) in [5, 5.41) is 0. The topological polar surface area (TPSA) is 38.5 Å². The molecular weight excluding hydrogens is 269 g/mol. The van der Waals surface area contributed by atoms with Gasteiger partial charge >= 0.3 is 6.36 Å². The Labute approximate surface area is 119 Å². The molecule has 20 heavy (non-hydrogen) atoms. The molecule has 3 nitrogen and oxygen atoms in total. The quantitative estimate of drug-likeness (QED) is 0.784. The number of alkyl halides is 3. The predicted molar refractivity (Wildman–Crippen MR) is 73.3 cm³/mol. The molecule has 0 aromatic rings. The van der Waals surface area contributed by atoms with Crippen LogP contribution < -0.4 is 5.73 Å². The number of halogens is 3. The van der Waals surface area contributed by atoms with Crippen molar-refractivity contribution in [3.8, 4) is 0 Å². The van der Waals surface area contributed by atoms with Crippen molar-refractivity contribution in [2.24, 2.45) is 11.7 Å². The maximum atomic E-state index is 12.1. The minimum absolute atomic E-state index is 0.150. The minimum atomic E-state index is -4.55.